The fraction of sp³-hybridized carbons (Fsp3) is 0. The maximum Gasteiger partial charge on any atom is 0.235 e. The van der Waals surface area contributed by atoms with Gasteiger partial charge in [-0.3, -0.25) is 4.57 Å². The quantitative estimate of drug-likeness (QED) is 0.171. The number of benzene rings is 7. The van der Waals surface area contributed by atoms with Gasteiger partial charge in [0, 0.05) is 49.5 Å². The largest absolute Gasteiger partial charge is 0.309 e. The summed E-state index contributed by atoms with van der Waals surface area (Å²) in [4.78, 5) is 10.4. The van der Waals surface area contributed by atoms with Crippen LogP contribution in [0.1, 0.15) is 0 Å². The number of para-hydroxylation sites is 4. The summed E-state index contributed by atoms with van der Waals surface area (Å²) in [6, 6.07) is 63.3. The molecule has 0 saturated carbocycles. The lowest BCUT2D eigenvalue weighted by Crippen LogP contribution is -2.03. The van der Waals surface area contributed by atoms with Crippen LogP contribution in [0.3, 0.4) is 0 Å². The second kappa shape index (κ2) is 12.7. The maximum absolute atomic E-state index is 5.19. The lowest BCUT2D eigenvalue weighted by molar-refractivity contribution is 0.995. The molecule has 7 aromatic carbocycles. The molecule has 11 rings (SSSR count). The van der Waals surface area contributed by atoms with Gasteiger partial charge in [0.25, 0.3) is 0 Å². The van der Waals surface area contributed by atoms with E-state index in [4.69, 9.17) is 20.2 Å². The van der Waals surface area contributed by atoms with Crippen molar-refractivity contribution in [1.29, 1.82) is 0 Å². The molecule has 0 aliphatic heterocycles. The molecular formula is C48H30N6S. The zero-order valence-corrected chi connectivity index (χ0v) is 30.2. The predicted molar refractivity (Wildman–Crippen MR) is 226 cm³/mol. The summed E-state index contributed by atoms with van der Waals surface area (Å²) in [5.74, 6) is 0.624. The van der Waals surface area contributed by atoms with Crippen molar-refractivity contribution in [3.63, 3.8) is 0 Å². The maximum atomic E-state index is 5.19. The standard InChI is InChI=1S/C48H30N6S/c1-4-15-31(16-5-1)40-30-41(32-17-6-2-7-18-32)50-48(49-40)54-43-26-13-11-22-36(43)39-29-33(27-28-44(39)54)46-51-52-47(55-46)38-24-14-23-37-35-21-10-12-25-42(35)53(45(37)38)34-19-8-3-9-20-34/h1-30H. The van der Waals surface area contributed by atoms with Crippen LogP contribution in [-0.4, -0.2) is 29.3 Å². The zero-order chi connectivity index (χ0) is 36.3. The van der Waals surface area contributed by atoms with E-state index in [9.17, 15) is 0 Å². The Balaban J connectivity index is 1.07. The molecular weight excluding hydrogens is 693 g/mol. The first-order valence-electron chi connectivity index (χ1n) is 18.2. The Bertz CT molecular complexity index is 3140. The van der Waals surface area contributed by atoms with Crippen LogP contribution in [0, 0.1) is 0 Å². The van der Waals surface area contributed by atoms with E-state index in [1.807, 2.05) is 36.4 Å². The molecule has 4 heterocycles. The smallest absolute Gasteiger partial charge is 0.235 e. The van der Waals surface area contributed by atoms with Gasteiger partial charge in [0.2, 0.25) is 5.95 Å². The number of hydrogen-bond donors (Lipinski definition) is 0. The predicted octanol–water partition coefficient (Wildman–Crippen LogP) is 12.2. The Morgan fingerprint density at radius 2 is 0.927 bits per heavy atom. The fourth-order valence-corrected chi connectivity index (χ4v) is 8.72. The van der Waals surface area contributed by atoms with Gasteiger partial charge in [0.1, 0.15) is 10.0 Å². The van der Waals surface area contributed by atoms with E-state index in [-0.39, 0.29) is 0 Å². The van der Waals surface area contributed by atoms with Crippen molar-refractivity contribution in [2.45, 2.75) is 0 Å². The number of nitrogens with zero attached hydrogens (tertiary/aromatic N) is 6. The van der Waals surface area contributed by atoms with Crippen molar-refractivity contribution >= 4 is 54.9 Å². The summed E-state index contributed by atoms with van der Waals surface area (Å²) in [6.45, 7) is 0. The molecule has 0 aliphatic rings. The third-order valence-electron chi connectivity index (χ3n) is 10.3. The van der Waals surface area contributed by atoms with Gasteiger partial charge in [-0.05, 0) is 54.6 Å². The van der Waals surface area contributed by atoms with Crippen molar-refractivity contribution in [2.75, 3.05) is 0 Å². The first-order chi connectivity index (χ1) is 27.3. The highest BCUT2D eigenvalue weighted by Gasteiger charge is 2.21. The van der Waals surface area contributed by atoms with E-state index in [2.05, 4.69) is 155 Å². The number of aromatic nitrogens is 6. The molecule has 4 aromatic heterocycles. The van der Waals surface area contributed by atoms with Crippen LogP contribution in [0.2, 0.25) is 0 Å². The van der Waals surface area contributed by atoms with E-state index >= 15 is 0 Å². The highest BCUT2D eigenvalue weighted by Crippen LogP contribution is 2.41. The Hall–Kier alpha value is -7.22. The first kappa shape index (κ1) is 31.3. The second-order valence-corrected chi connectivity index (χ2v) is 14.5. The van der Waals surface area contributed by atoms with Crippen molar-refractivity contribution in [3.05, 3.63) is 182 Å². The van der Waals surface area contributed by atoms with Crippen molar-refractivity contribution in [1.82, 2.24) is 29.3 Å². The molecule has 258 valence electrons. The molecule has 11 aromatic rings. The van der Waals surface area contributed by atoms with Crippen LogP contribution in [0.15, 0.2) is 182 Å². The van der Waals surface area contributed by atoms with Crippen molar-refractivity contribution in [3.8, 4) is 55.3 Å². The summed E-state index contributed by atoms with van der Waals surface area (Å²) in [5.41, 5.74) is 11.4. The number of fused-ring (bicyclic) bond motifs is 6. The lowest BCUT2D eigenvalue weighted by Gasteiger charge is -2.11. The van der Waals surface area contributed by atoms with Crippen LogP contribution in [-0.2, 0) is 0 Å². The van der Waals surface area contributed by atoms with Gasteiger partial charge in [0.05, 0.1) is 33.5 Å². The molecule has 6 nitrogen and oxygen atoms in total. The van der Waals surface area contributed by atoms with E-state index in [0.29, 0.717) is 5.95 Å². The van der Waals surface area contributed by atoms with E-state index in [1.54, 1.807) is 11.3 Å². The highest BCUT2D eigenvalue weighted by molar-refractivity contribution is 7.18. The molecule has 7 heteroatoms. The van der Waals surface area contributed by atoms with Crippen LogP contribution >= 0.6 is 11.3 Å². The molecule has 0 fully saturated rings. The van der Waals surface area contributed by atoms with E-state index in [0.717, 1.165) is 82.2 Å². The molecule has 0 N–H and O–H groups in total. The van der Waals surface area contributed by atoms with Gasteiger partial charge < -0.3 is 4.57 Å². The second-order valence-electron chi connectivity index (χ2n) is 13.6. The number of rotatable bonds is 6. The van der Waals surface area contributed by atoms with Crippen LogP contribution < -0.4 is 0 Å². The SMILES string of the molecule is c1ccc(-c2cc(-c3ccccc3)nc(-n3c4ccccc4c4cc(-c5nnc(-c6cccc7c8ccccc8n(-c8ccccc8)c67)s5)ccc43)n2)cc1. The molecule has 0 radical (unpaired) electrons. The molecule has 55 heavy (non-hydrogen) atoms. The lowest BCUT2D eigenvalue weighted by atomic mass is 10.1. The minimum atomic E-state index is 0.624. The Morgan fingerprint density at radius 3 is 1.62 bits per heavy atom. The monoisotopic (exact) mass is 722 g/mol. The summed E-state index contributed by atoms with van der Waals surface area (Å²) >= 11 is 1.62. The van der Waals surface area contributed by atoms with Gasteiger partial charge in [0.15, 0.2) is 0 Å². The number of hydrogen-bond acceptors (Lipinski definition) is 5. The third-order valence-corrected chi connectivity index (χ3v) is 11.3. The molecule has 0 amide bonds. The normalized spacial score (nSPS) is 11.6. The fourth-order valence-electron chi connectivity index (χ4n) is 7.85. The Labute approximate surface area is 320 Å². The van der Waals surface area contributed by atoms with Crippen molar-refractivity contribution in [2.24, 2.45) is 0 Å². The van der Waals surface area contributed by atoms with Gasteiger partial charge in [-0.1, -0.05) is 139 Å². The summed E-state index contributed by atoms with van der Waals surface area (Å²) in [7, 11) is 0. The van der Waals surface area contributed by atoms with Gasteiger partial charge in [-0.25, -0.2) is 9.97 Å². The molecule has 0 aliphatic carbocycles. The molecule has 0 bridgehead atoms. The van der Waals surface area contributed by atoms with Crippen molar-refractivity contribution < 1.29 is 0 Å². The first-order valence-corrected chi connectivity index (χ1v) is 19.1. The van der Waals surface area contributed by atoms with E-state index < -0.39 is 0 Å². The highest BCUT2D eigenvalue weighted by atomic mass is 32.1. The zero-order valence-electron chi connectivity index (χ0n) is 29.4. The van der Waals surface area contributed by atoms with E-state index in [1.165, 1.54) is 10.8 Å². The van der Waals surface area contributed by atoms with Crippen LogP contribution in [0.4, 0.5) is 0 Å². The van der Waals surface area contributed by atoms with Gasteiger partial charge in [-0.15, -0.1) is 10.2 Å². The van der Waals surface area contributed by atoms with Crippen LogP contribution in [0.25, 0.3) is 98.9 Å². The minimum Gasteiger partial charge on any atom is -0.309 e. The Kier molecular flexibility index (Phi) is 7.25. The third kappa shape index (κ3) is 5.16. The topological polar surface area (TPSA) is 61.4 Å². The van der Waals surface area contributed by atoms with Gasteiger partial charge in [-0.2, -0.15) is 0 Å². The average molecular weight is 723 g/mol. The summed E-state index contributed by atoms with van der Waals surface area (Å²) in [6.07, 6.45) is 0. The molecule has 0 saturated heterocycles. The molecule has 0 atom stereocenters. The van der Waals surface area contributed by atoms with Gasteiger partial charge >= 0.3 is 0 Å². The van der Waals surface area contributed by atoms with Crippen LogP contribution in [0.5, 0.6) is 0 Å². The summed E-state index contributed by atoms with van der Waals surface area (Å²) in [5, 5.41) is 16.0. The molecule has 0 spiro atoms. The average Bonchev–Trinajstić information content (AvgIpc) is 3.98. The molecule has 0 unspecified atom stereocenters. The summed E-state index contributed by atoms with van der Waals surface area (Å²) < 4.78 is 4.53. The minimum absolute atomic E-state index is 0.624. The Morgan fingerprint density at radius 1 is 0.382 bits per heavy atom.